The van der Waals surface area contributed by atoms with Crippen LogP contribution in [0.4, 0.5) is 11.4 Å². The van der Waals surface area contributed by atoms with Gasteiger partial charge in [0.05, 0.1) is 5.69 Å². The molecule has 7 heteroatoms. The van der Waals surface area contributed by atoms with E-state index in [-0.39, 0.29) is 10.1 Å². The summed E-state index contributed by atoms with van der Waals surface area (Å²) < 4.78 is 27.6. The zero-order chi connectivity index (χ0) is 15.9. The van der Waals surface area contributed by atoms with E-state index >= 15 is 0 Å². The number of anilines is 2. The van der Waals surface area contributed by atoms with Crippen LogP contribution in [0.2, 0.25) is 0 Å². The van der Waals surface area contributed by atoms with E-state index in [4.69, 9.17) is 0 Å². The third-order valence-electron chi connectivity index (χ3n) is 3.59. The topological polar surface area (TPSA) is 66.5 Å². The first-order chi connectivity index (χ1) is 10.4. The SMILES string of the molecule is CC(=O)N1CCc2ccc(NS(=O)(=O)c3ccc(C)s3)cc21. The van der Waals surface area contributed by atoms with Crippen LogP contribution < -0.4 is 9.62 Å². The van der Waals surface area contributed by atoms with Crippen LogP contribution in [0.15, 0.2) is 34.5 Å². The largest absolute Gasteiger partial charge is 0.312 e. The van der Waals surface area contributed by atoms with Gasteiger partial charge in [-0.05, 0) is 43.2 Å². The Labute approximate surface area is 133 Å². The highest BCUT2D eigenvalue weighted by Crippen LogP contribution is 2.32. The molecule has 0 saturated heterocycles. The van der Waals surface area contributed by atoms with Gasteiger partial charge in [0.2, 0.25) is 5.91 Å². The predicted octanol–water partition coefficient (Wildman–Crippen LogP) is 2.77. The van der Waals surface area contributed by atoms with Gasteiger partial charge < -0.3 is 4.90 Å². The van der Waals surface area contributed by atoms with Crippen molar-refractivity contribution in [2.45, 2.75) is 24.5 Å². The first-order valence-electron chi connectivity index (χ1n) is 6.87. The quantitative estimate of drug-likeness (QED) is 0.937. The van der Waals surface area contributed by atoms with Crippen molar-refractivity contribution in [1.82, 2.24) is 0 Å². The number of aryl methyl sites for hydroxylation is 1. The maximum atomic E-state index is 12.3. The fourth-order valence-corrected chi connectivity index (χ4v) is 4.86. The number of nitrogens with zero attached hydrogens (tertiary/aromatic N) is 1. The standard InChI is InChI=1S/C15H16N2O3S2/c1-10-3-6-15(21-10)22(19,20)16-13-5-4-12-7-8-17(11(2)18)14(12)9-13/h3-6,9,16H,7-8H2,1-2H3. The average molecular weight is 336 g/mol. The molecule has 1 aromatic carbocycles. The molecule has 1 aliphatic heterocycles. The van der Waals surface area contributed by atoms with Gasteiger partial charge in [-0.25, -0.2) is 8.42 Å². The van der Waals surface area contributed by atoms with E-state index in [0.29, 0.717) is 12.2 Å². The van der Waals surface area contributed by atoms with Gasteiger partial charge in [0.25, 0.3) is 10.0 Å². The van der Waals surface area contributed by atoms with Crippen LogP contribution in [-0.2, 0) is 21.2 Å². The lowest BCUT2D eigenvalue weighted by Gasteiger charge is -2.16. The van der Waals surface area contributed by atoms with Crippen molar-refractivity contribution >= 4 is 38.6 Å². The second-order valence-corrected chi connectivity index (χ2v) is 8.43. The molecule has 1 aliphatic rings. The van der Waals surface area contributed by atoms with Crippen LogP contribution in [0.1, 0.15) is 17.4 Å². The van der Waals surface area contributed by atoms with E-state index in [1.165, 1.54) is 18.3 Å². The molecule has 0 atom stereocenters. The molecule has 0 radical (unpaired) electrons. The van der Waals surface area contributed by atoms with E-state index < -0.39 is 10.0 Å². The molecule has 0 unspecified atom stereocenters. The van der Waals surface area contributed by atoms with Gasteiger partial charge in [-0.3, -0.25) is 9.52 Å². The number of sulfonamides is 1. The Kier molecular flexibility index (Phi) is 3.70. The van der Waals surface area contributed by atoms with Gasteiger partial charge in [0, 0.05) is 24.0 Å². The maximum absolute atomic E-state index is 12.3. The summed E-state index contributed by atoms with van der Waals surface area (Å²) in [5.74, 6) is -0.0346. The van der Waals surface area contributed by atoms with E-state index in [0.717, 1.165) is 22.5 Å². The summed E-state index contributed by atoms with van der Waals surface area (Å²) >= 11 is 1.23. The second kappa shape index (κ2) is 5.40. The van der Waals surface area contributed by atoms with Gasteiger partial charge in [-0.1, -0.05) is 6.07 Å². The summed E-state index contributed by atoms with van der Waals surface area (Å²) in [5, 5.41) is 0. The number of carbonyl (C=O) groups excluding carboxylic acids is 1. The highest BCUT2D eigenvalue weighted by Gasteiger charge is 2.23. The Bertz CT molecular complexity index is 840. The molecule has 0 saturated carbocycles. The van der Waals surface area contributed by atoms with Gasteiger partial charge in [-0.2, -0.15) is 0 Å². The highest BCUT2D eigenvalue weighted by atomic mass is 32.2. The molecular weight excluding hydrogens is 320 g/mol. The minimum Gasteiger partial charge on any atom is -0.312 e. The minimum atomic E-state index is -3.58. The molecule has 2 heterocycles. The highest BCUT2D eigenvalue weighted by molar-refractivity contribution is 7.94. The molecule has 5 nitrogen and oxygen atoms in total. The fraction of sp³-hybridized carbons (Fsp3) is 0.267. The van der Waals surface area contributed by atoms with Gasteiger partial charge in [0.15, 0.2) is 0 Å². The van der Waals surface area contributed by atoms with E-state index in [9.17, 15) is 13.2 Å². The lowest BCUT2D eigenvalue weighted by molar-refractivity contribution is -0.116. The van der Waals surface area contributed by atoms with Crippen molar-refractivity contribution in [3.05, 3.63) is 40.8 Å². The lowest BCUT2D eigenvalue weighted by Crippen LogP contribution is -2.25. The van der Waals surface area contributed by atoms with Crippen molar-refractivity contribution < 1.29 is 13.2 Å². The Morgan fingerprint density at radius 1 is 1.27 bits per heavy atom. The maximum Gasteiger partial charge on any atom is 0.271 e. The fourth-order valence-electron chi connectivity index (χ4n) is 2.53. The van der Waals surface area contributed by atoms with Crippen molar-refractivity contribution in [3.8, 4) is 0 Å². The number of rotatable bonds is 3. The Morgan fingerprint density at radius 3 is 2.68 bits per heavy atom. The number of benzene rings is 1. The van der Waals surface area contributed by atoms with Crippen molar-refractivity contribution in [2.75, 3.05) is 16.2 Å². The van der Waals surface area contributed by atoms with Gasteiger partial charge in [0.1, 0.15) is 4.21 Å². The number of carbonyl (C=O) groups is 1. The first kappa shape index (κ1) is 15.1. The molecule has 116 valence electrons. The Hall–Kier alpha value is -1.86. The average Bonchev–Trinajstić information content (AvgIpc) is 3.04. The molecule has 3 rings (SSSR count). The number of hydrogen-bond acceptors (Lipinski definition) is 4. The van der Waals surface area contributed by atoms with Crippen LogP contribution in [-0.4, -0.2) is 20.9 Å². The molecule has 0 fully saturated rings. The molecule has 1 N–H and O–H groups in total. The van der Waals surface area contributed by atoms with Gasteiger partial charge >= 0.3 is 0 Å². The lowest BCUT2D eigenvalue weighted by atomic mass is 10.1. The molecule has 22 heavy (non-hydrogen) atoms. The molecule has 2 aromatic rings. The zero-order valence-electron chi connectivity index (χ0n) is 12.3. The van der Waals surface area contributed by atoms with Crippen LogP contribution >= 0.6 is 11.3 Å². The first-order valence-corrected chi connectivity index (χ1v) is 9.17. The van der Waals surface area contributed by atoms with Crippen molar-refractivity contribution in [3.63, 3.8) is 0 Å². The minimum absolute atomic E-state index is 0.0346. The van der Waals surface area contributed by atoms with Gasteiger partial charge in [-0.15, -0.1) is 11.3 Å². The van der Waals surface area contributed by atoms with E-state index in [2.05, 4.69) is 4.72 Å². The van der Waals surface area contributed by atoms with Crippen LogP contribution in [0.5, 0.6) is 0 Å². The van der Waals surface area contributed by atoms with E-state index in [1.807, 2.05) is 13.0 Å². The number of amides is 1. The predicted molar refractivity (Wildman–Crippen MR) is 88.0 cm³/mol. The van der Waals surface area contributed by atoms with E-state index in [1.54, 1.807) is 29.2 Å². The molecule has 1 aromatic heterocycles. The third kappa shape index (κ3) is 2.74. The molecule has 0 spiro atoms. The van der Waals surface area contributed by atoms with Crippen LogP contribution in [0.25, 0.3) is 0 Å². The molecule has 0 bridgehead atoms. The second-order valence-electron chi connectivity index (χ2n) is 5.23. The third-order valence-corrected chi connectivity index (χ3v) is 6.47. The summed E-state index contributed by atoms with van der Waals surface area (Å²) in [7, 11) is -3.58. The number of nitrogens with one attached hydrogen (secondary N) is 1. The van der Waals surface area contributed by atoms with Crippen LogP contribution in [0.3, 0.4) is 0 Å². The number of thiophene rings is 1. The summed E-state index contributed by atoms with van der Waals surface area (Å²) in [4.78, 5) is 14.2. The molecular formula is C15H16N2O3S2. The summed E-state index contributed by atoms with van der Waals surface area (Å²) in [6, 6.07) is 8.70. The monoisotopic (exact) mass is 336 g/mol. The van der Waals surface area contributed by atoms with Crippen molar-refractivity contribution in [2.24, 2.45) is 0 Å². The zero-order valence-corrected chi connectivity index (χ0v) is 13.9. The summed E-state index contributed by atoms with van der Waals surface area (Å²) in [6.07, 6.45) is 0.798. The summed E-state index contributed by atoms with van der Waals surface area (Å²) in [6.45, 7) is 4.02. The number of fused-ring (bicyclic) bond motifs is 1. The number of hydrogen-bond donors (Lipinski definition) is 1. The Balaban J connectivity index is 1.91. The molecule has 0 aliphatic carbocycles. The van der Waals surface area contributed by atoms with Crippen LogP contribution in [0, 0.1) is 6.92 Å². The smallest absolute Gasteiger partial charge is 0.271 e. The summed E-state index contributed by atoms with van der Waals surface area (Å²) in [5.41, 5.74) is 2.32. The molecule has 1 amide bonds. The normalized spacial score (nSPS) is 14.0. The Morgan fingerprint density at radius 2 is 2.05 bits per heavy atom. The van der Waals surface area contributed by atoms with Crippen molar-refractivity contribution in [1.29, 1.82) is 0 Å².